The molecule has 1 aromatic heterocycles. The zero-order chi connectivity index (χ0) is 19.1. The van der Waals surface area contributed by atoms with E-state index in [0.717, 1.165) is 0 Å². The number of hydrogen-bond acceptors (Lipinski definition) is 2. The normalized spacial score (nSPS) is 21.8. The summed E-state index contributed by atoms with van der Waals surface area (Å²) in [5.41, 5.74) is 1.53. The van der Waals surface area contributed by atoms with E-state index in [4.69, 9.17) is 0 Å². The highest BCUT2D eigenvalue weighted by Crippen LogP contribution is 2.59. The molecule has 5 heteroatoms. The van der Waals surface area contributed by atoms with Crippen LogP contribution in [0.25, 0.3) is 0 Å². The second-order valence-corrected chi connectivity index (χ2v) is 7.93. The Morgan fingerprint density at radius 3 is 2.62 bits per heavy atom. The summed E-state index contributed by atoms with van der Waals surface area (Å²) in [6, 6.07) is 5.90. The van der Waals surface area contributed by atoms with Gasteiger partial charge in [0.05, 0.1) is 5.92 Å². The van der Waals surface area contributed by atoms with Crippen LogP contribution in [0.15, 0.2) is 48.3 Å². The molecule has 2 aromatic rings. The molecular formula is C21H26FN3O. The summed E-state index contributed by atoms with van der Waals surface area (Å²) in [6.07, 6.45) is 5.61. The van der Waals surface area contributed by atoms with Gasteiger partial charge in [-0.25, -0.2) is 9.37 Å². The van der Waals surface area contributed by atoms with Gasteiger partial charge in [0.1, 0.15) is 17.7 Å². The molecule has 1 fully saturated rings. The number of carbonyl (C=O) groups is 1. The molecule has 0 aliphatic heterocycles. The summed E-state index contributed by atoms with van der Waals surface area (Å²) in [6.45, 7) is 8.28. The number of benzene rings is 1. The molecule has 1 N–H and O–H groups in total. The smallest absolute Gasteiger partial charge is 0.225 e. The molecule has 1 aromatic carbocycles. The SMILES string of the molecule is CC(C)=C[C@@H]1[C@H](C(=O)N[C@H](c2ccccc2F)c2nccn2C)C1(C)C. The molecule has 0 unspecified atom stereocenters. The molecule has 1 saturated carbocycles. The van der Waals surface area contributed by atoms with E-state index in [1.54, 1.807) is 30.6 Å². The molecule has 0 bridgehead atoms. The molecule has 138 valence electrons. The van der Waals surface area contributed by atoms with Crippen molar-refractivity contribution in [2.45, 2.75) is 33.7 Å². The minimum atomic E-state index is -0.618. The maximum absolute atomic E-state index is 14.4. The van der Waals surface area contributed by atoms with Gasteiger partial charge in [0.2, 0.25) is 5.91 Å². The Morgan fingerprint density at radius 2 is 2.04 bits per heavy atom. The quantitative estimate of drug-likeness (QED) is 0.824. The lowest BCUT2D eigenvalue weighted by atomic mass is 10.0. The number of halogens is 1. The van der Waals surface area contributed by atoms with Crippen molar-refractivity contribution in [1.82, 2.24) is 14.9 Å². The average molecular weight is 355 g/mol. The van der Waals surface area contributed by atoms with Crippen LogP contribution in [0.4, 0.5) is 4.39 Å². The number of hydrogen-bond donors (Lipinski definition) is 1. The van der Waals surface area contributed by atoms with Gasteiger partial charge in [0.15, 0.2) is 0 Å². The van der Waals surface area contributed by atoms with Gasteiger partial charge in [-0.15, -0.1) is 0 Å². The fourth-order valence-electron chi connectivity index (χ4n) is 3.73. The molecule has 4 nitrogen and oxygen atoms in total. The zero-order valence-corrected chi connectivity index (χ0v) is 16.0. The van der Waals surface area contributed by atoms with Crippen LogP contribution < -0.4 is 5.32 Å². The Bertz CT molecular complexity index is 848. The van der Waals surface area contributed by atoms with E-state index in [2.05, 4.69) is 30.2 Å². The lowest BCUT2D eigenvalue weighted by Gasteiger charge is -2.20. The second-order valence-electron chi connectivity index (χ2n) is 7.93. The molecule has 1 aliphatic rings. The molecule has 0 saturated heterocycles. The Kier molecular flexibility index (Phi) is 4.74. The fraction of sp³-hybridized carbons (Fsp3) is 0.429. The van der Waals surface area contributed by atoms with E-state index in [1.165, 1.54) is 11.6 Å². The number of carbonyl (C=O) groups excluding carboxylic acids is 1. The number of nitrogens with one attached hydrogen (secondary N) is 1. The summed E-state index contributed by atoms with van der Waals surface area (Å²) in [7, 11) is 1.84. The van der Waals surface area contributed by atoms with Gasteiger partial charge >= 0.3 is 0 Å². The summed E-state index contributed by atoms with van der Waals surface area (Å²) in [5, 5.41) is 3.05. The van der Waals surface area contributed by atoms with Gasteiger partial charge in [0, 0.05) is 25.0 Å². The van der Waals surface area contributed by atoms with Crippen LogP contribution in [-0.4, -0.2) is 15.5 Å². The lowest BCUT2D eigenvalue weighted by molar-refractivity contribution is -0.123. The molecule has 3 atom stereocenters. The number of amides is 1. The van der Waals surface area contributed by atoms with Crippen LogP contribution >= 0.6 is 0 Å². The van der Waals surface area contributed by atoms with Crippen molar-refractivity contribution in [1.29, 1.82) is 0 Å². The standard InChI is InChI=1S/C21H26FN3O/c1-13(2)12-15-17(21(15,3)4)20(26)24-18(19-23-10-11-25(19)5)14-8-6-7-9-16(14)22/h6-12,15,17-18H,1-5H3,(H,24,26)/t15-,17-,18-/m1/s1. The van der Waals surface area contributed by atoms with Crippen LogP contribution in [0.1, 0.15) is 45.1 Å². The molecule has 0 spiro atoms. The van der Waals surface area contributed by atoms with E-state index in [1.807, 2.05) is 25.5 Å². The molecule has 1 aliphatic carbocycles. The molecule has 0 radical (unpaired) electrons. The summed E-state index contributed by atoms with van der Waals surface area (Å²) in [5.74, 6) is 0.285. The second kappa shape index (κ2) is 6.71. The molecule has 1 heterocycles. The largest absolute Gasteiger partial charge is 0.342 e. The summed E-state index contributed by atoms with van der Waals surface area (Å²) >= 11 is 0. The Morgan fingerprint density at radius 1 is 1.35 bits per heavy atom. The van der Waals surface area contributed by atoms with Crippen molar-refractivity contribution in [2.75, 3.05) is 0 Å². The first-order valence-electron chi connectivity index (χ1n) is 8.90. The first-order chi connectivity index (χ1) is 12.2. The Balaban J connectivity index is 1.90. The van der Waals surface area contributed by atoms with Crippen LogP contribution in [0.5, 0.6) is 0 Å². The van der Waals surface area contributed by atoms with Crippen molar-refractivity contribution in [2.24, 2.45) is 24.3 Å². The third-order valence-corrected chi connectivity index (χ3v) is 5.33. The van der Waals surface area contributed by atoms with E-state index in [-0.39, 0.29) is 29.0 Å². The number of nitrogens with zero attached hydrogens (tertiary/aromatic N) is 2. The molecular weight excluding hydrogens is 329 g/mol. The number of allylic oxidation sites excluding steroid dienone is 2. The molecule has 3 rings (SSSR count). The van der Waals surface area contributed by atoms with E-state index in [0.29, 0.717) is 11.4 Å². The molecule has 1 amide bonds. The van der Waals surface area contributed by atoms with Crippen molar-refractivity contribution < 1.29 is 9.18 Å². The number of rotatable bonds is 5. The topological polar surface area (TPSA) is 46.9 Å². The van der Waals surface area contributed by atoms with Crippen molar-refractivity contribution in [3.63, 3.8) is 0 Å². The van der Waals surface area contributed by atoms with Crippen LogP contribution in [0.3, 0.4) is 0 Å². The first-order valence-corrected chi connectivity index (χ1v) is 8.90. The maximum atomic E-state index is 14.4. The first kappa shape index (κ1) is 18.4. The summed E-state index contributed by atoms with van der Waals surface area (Å²) in [4.78, 5) is 17.4. The molecule has 26 heavy (non-hydrogen) atoms. The van der Waals surface area contributed by atoms with Crippen LogP contribution in [0, 0.1) is 23.1 Å². The van der Waals surface area contributed by atoms with Gasteiger partial charge in [-0.1, -0.05) is 43.7 Å². The van der Waals surface area contributed by atoms with Crippen molar-refractivity contribution in [3.05, 3.63) is 65.5 Å². The third kappa shape index (κ3) is 3.30. The van der Waals surface area contributed by atoms with Gasteiger partial charge in [-0.2, -0.15) is 0 Å². The van der Waals surface area contributed by atoms with Gasteiger partial charge in [0.25, 0.3) is 0 Å². The van der Waals surface area contributed by atoms with E-state index < -0.39 is 6.04 Å². The van der Waals surface area contributed by atoms with Gasteiger partial charge < -0.3 is 9.88 Å². The van der Waals surface area contributed by atoms with E-state index in [9.17, 15) is 9.18 Å². The summed E-state index contributed by atoms with van der Waals surface area (Å²) < 4.78 is 16.2. The third-order valence-electron chi connectivity index (χ3n) is 5.33. The van der Waals surface area contributed by atoms with Crippen molar-refractivity contribution >= 4 is 5.91 Å². The fourth-order valence-corrected chi connectivity index (χ4v) is 3.73. The highest BCUT2D eigenvalue weighted by molar-refractivity contribution is 5.84. The minimum absolute atomic E-state index is 0.0613. The number of aryl methyl sites for hydroxylation is 1. The average Bonchev–Trinajstić information content (AvgIpc) is 2.88. The van der Waals surface area contributed by atoms with Crippen LogP contribution in [-0.2, 0) is 11.8 Å². The van der Waals surface area contributed by atoms with Gasteiger partial charge in [-0.05, 0) is 31.2 Å². The van der Waals surface area contributed by atoms with Crippen molar-refractivity contribution in [3.8, 4) is 0 Å². The zero-order valence-electron chi connectivity index (χ0n) is 16.0. The van der Waals surface area contributed by atoms with E-state index >= 15 is 0 Å². The number of aromatic nitrogens is 2. The Labute approximate surface area is 154 Å². The number of imidazole rings is 1. The highest BCUT2D eigenvalue weighted by atomic mass is 19.1. The van der Waals surface area contributed by atoms with Crippen LogP contribution in [0.2, 0.25) is 0 Å². The minimum Gasteiger partial charge on any atom is -0.342 e. The lowest BCUT2D eigenvalue weighted by Crippen LogP contribution is -2.33. The highest BCUT2D eigenvalue weighted by Gasteiger charge is 2.60. The van der Waals surface area contributed by atoms with Gasteiger partial charge in [-0.3, -0.25) is 4.79 Å². The Hall–Kier alpha value is -2.43. The predicted molar refractivity (Wildman–Crippen MR) is 99.8 cm³/mol. The predicted octanol–water partition coefficient (Wildman–Crippen LogP) is 4.00. The maximum Gasteiger partial charge on any atom is 0.225 e. The monoisotopic (exact) mass is 355 g/mol.